The molecule has 1 N–H and O–H groups in total. The van der Waals surface area contributed by atoms with Crippen molar-refractivity contribution in [1.29, 1.82) is 0 Å². The van der Waals surface area contributed by atoms with Crippen molar-refractivity contribution in [3.8, 4) is 0 Å². The molecule has 2 nitrogen and oxygen atoms in total. The minimum absolute atomic E-state index is 0.287. The quantitative estimate of drug-likeness (QED) is 0.894. The molecule has 4 heteroatoms. The van der Waals surface area contributed by atoms with Crippen LogP contribution < -0.4 is 0 Å². The number of aromatic nitrogens is 1. The van der Waals surface area contributed by atoms with E-state index >= 15 is 0 Å². The van der Waals surface area contributed by atoms with Gasteiger partial charge < -0.3 is 5.11 Å². The molecule has 0 bridgehead atoms. The van der Waals surface area contributed by atoms with Crippen molar-refractivity contribution in [3.63, 3.8) is 0 Å². The fourth-order valence-corrected chi connectivity index (χ4v) is 4.93. The van der Waals surface area contributed by atoms with Gasteiger partial charge in [0.1, 0.15) is 0 Å². The van der Waals surface area contributed by atoms with E-state index in [1.165, 1.54) is 0 Å². The SMILES string of the molecule is Cc1cncc(C(O)C2CSC(C)C(C)S2)c1. The lowest BCUT2D eigenvalue weighted by Gasteiger charge is -2.33. The molecule has 94 valence electrons. The number of pyridine rings is 1. The van der Waals surface area contributed by atoms with Crippen molar-refractivity contribution < 1.29 is 5.11 Å². The van der Waals surface area contributed by atoms with E-state index in [4.69, 9.17) is 0 Å². The second-order valence-electron chi connectivity index (χ2n) is 4.66. The van der Waals surface area contributed by atoms with Gasteiger partial charge in [-0.1, -0.05) is 19.9 Å². The minimum Gasteiger partial charge on any atom is -0.387 e. The van der Waals surface area contributed by atoms with Crippen molar-refractivity contribution in [2.45, 2.75) is 42.6 Å². The maximum atomic E-state index is 10.4. The van der Waals surface area contributed by atoms with Crippen LogP contribution in [0.1, 0.15) is 31.1 Å². The van der Waals surface area contributed by atoms with Crippen LogP contribution in [0, 0.1) is 6.92 Å². The second-order valence-corrected chi connectivity index (χ2v) is 7.69. The van der Waals surface area contributed by atoms with E-state index in [0.29, 0.717) is 10.5 Å². The molecule has 0 radical (unpaired) electrons. The van der Waals surface area contributed by atoms with Crippen molar-refractivity contribution in [3.05, 3.63) is 29.6 Å². The van der Waals surface area contributed by atoms with Crippen molar-refractivity contribution in [2.24, 2.45) is 0 Å². The highest BCUT2D eigenvalue weighted by molar-refractivity contribution is 8.07. The fourth-order valence-electron chi connectivity index (χ4n) is 1.93. The van der Waals surface area contributed by atoms with E-state index in [1.807, 2.05) is 42.7 Å². The molecule has 0 amide bonds. The van der Waals surface area contributed by atoms with Crippen LogP contribution in [0.5, 0.6) is 0 Å². The third kappa shape index (κ3) is 3.18. The Kier molecular flexibility index (Phi) is 4.39. The topological polar surface area (TPSA) is 33.1 Å². The average molecular weight is 269 g/mol. The molecule has 4 unspecified atom stereocenters. The van der Waals surface area contributed by atoms with E-state index in [-0.39, 0.29) is 5.25 Å². The Morgan fingerprint density at radius 2 is 2.12 bits per heavy atom. The fraction of sp³-hybridized carbons (Fsp3) is 0.615. The molecule has 0 aromatic carbocycles. The van der Waals surface area contributed by atoms with Crippen LogP contribution in [-0.2, 0) is 0 Å². The normalized spacial score (nSPS) is 31.2. The van der Waals surface area contributed by atoms with Gasteiger partial charge in [0.25, 0.3) is 0 Å². The molecule has 1 saturated heterocycles. The first-order valence-electron chi connectivity index (χ1n) is 5.94. The van der Waals surface area contributed by atoms with Gasteiger partial charge in [-0.15, -0.1) is 0 Å². The molecule has 0 saturated carbocycles. The molecule has 4 atom stereocenters. The van der Waals surface area contributed by atoms with Gasteiger partial charge in [0, 0.05) is 39.5 Å². The van der Waals surface area contributed by atoms with Crippen molar-refractivity contribution in [1.82, 2.24) is 4.98 Å². The standard InChI is InChI=1S/C13H19NOS2/c1-8-4-11(6-14-5-8)13(15)12-7-16-9(2)10(3)17-12/h4-6,9-10,12-13,15H,7H2,1-3H3. The van der Waals surface area contributed by atoms with Crippen LogP contribution in [0.3, 0.4) is 0 Å². The zero-order valence-corrected chi connectivity index (χ0v) is 12.1. The lowest BCUT2D eigenvalue weighted by Crippen LogP contribution is -2.30. The molecular formula is C13H19NOS2. The molecule has 2 heterocycles. The summed E-state index contributed by atoms with van der Waals surface area (Å²) >= 11 is 3.86. The Labute approximate surface area is 112 Å². The lowest BCUT2D eigenvalue weighted by molar-refractivity contribution is 0.179. The van der Waals surface area contributed by atoms with Gasteiger partial charge in [-0.3, -0.25) is 4.98 Å². The van der Waals surface area contributed by atoms with E-state index in [0.717, 1.165) is 16.9 Å². The number of aliphatic hydroxyl groups is 1. The van der Waals surface area contributed by atoms with Crippen LogP contribution in [-0.4, -0.2) is 31.6 Å². The molecular weight excluding hydrogens is 250 g/mol. The predicted octanol–water partition coefficient (Wildman–Crippen LogP) is 3.05. The van der Waals surface area contributed by atoms with Crippen LogP contribution >= 0.6 is 23.5 Å². The van der Waals surface area contributed by atoms with Crippen LogP contribution in [0.15, 0.2) is 18.5 Å². The van der Waals surface area contributed by atoms with Crippen molar-refractivity contribution >= 4 is 23.5 Å². The molecule has 0 aliphatic carbocycles. The monoisotopic (exact) mass is 269 g/mol. The zero-order chi connectivity index (χ0) is 12.4. The number of rotatable bonds is 2. The first-order chi connectivity index (χ1) is 8.08. The number of nitrogens with zero attached hydrogens (tertiary/aromatic N) is 1. The van der Waals surface area contributed by atoms with E-state index in [9.17, 15) is 5.11 Å². The largest absolute Gasteiger partial charge is 0.387 e. The summed E-state index contributed by atoms with van der Waals surface area (Å²) < 4.78 is 0. The van der Waals surface area contributed by atoms with Gasteiger partial charge in [0.15, 0.2) is 0 Å². The number of aryl methyl sites for hydroxylation is 1. The highest BCUT2D eigenvalue weighted by atomic mass is 32.2. The van der Waals surface area contributed by atoms with Gasteiger partial charge >= 0.3 is 0 Å². The van der Waals surface area contributed by atoms with Gasteiger partial charge in [0.05, 0.1) is 6.10 Å². The molecule has 1 fully saturated rings. The minimum atomic E-state index is -0.394. The van der Waals surface area contributed by atoms with Crippen LogP contribution in [0.4, 0.5) is 0 Å². The summed E-state index contributed by atoms with van der Waals surface area (Å²) in [5, 5.41) is 12.0. The molecule has 1 aromatic rings. The zero-order valence-electron chi connectivity index (χ0n) is 10.5. The maximum absolute atomic E-state index is 10.4. The Morgan fingerprint density at radius 3 is 2.76 bits per heavy atom. The summed E-state index contributed by atoms with van der Waals surface area (Å²) in [5.41, 5.74) is 2.06. The molecule has 17 heavy (non-hydrogen) atoms. The number of hydrogen-bond acceptors (Lipinski definition) is 4. The first kappa shape index (κ1) is 13.2. The predicted molar refractivity (Wildman–Crippen MR) is 76.7 cm³/mol. The highest BCUT2D eigenvalue weighted by Crippen LogP contribution is 2.40. The second kappa shape index (κ2) is 5.63. The molecule has 1 aliphatic rings. The number of thioether (sulfide) groups is 2. The van der Waals surface area contributed by atoms with Gasteiger partial charge in [-0.05, 0) is 12.5 Å². The summed E-state index contributed by atoms with van der Waals surface area (Å²) in [4.78, 5) is 4.16. The van der Waals surface area contributed by atoms with Gasteiger partial charge in [0.2, 0.25) is 0 Å². The molecule has 1 aromatic heterocycles. The summed E-state index contributed by atoms with van der Waals surface area (Å²) in [7, 11) is 0. The molecule has 1 aliphatic heterocycles. The van der Waals surface area contributed by atoms with E-state index in [1.54, 1.807) is 6.20 Å². The summed E-state index contributed by atoms with van der Waals surface area (Å²) in [5.74, 6) is 1.02. The van der Waals surface area contributed by atoms with Crippen LogP contribution in [0.2, 0.25) is 0 Å². The average Bonchev–Trinajstić information content (AvgIpc) is 2.32. The summed E-state index contributed by atoms with van der Waals surface area (Å²) in [6.07, 6.45) is 3.21. The van der Waals surface area contributed by atoms with Gasteiger partial charge in [-0.25, -0.2) is 0 Å². The molecule has 2 rings (SSSR count). The van der Waals surface area contributed by atoms with Crippen molar-refractivity contribution in [2.75, 3.05) is 5.75 Å². The Hall–Kier alpha value is -0.190. The van der Waals surface area contributed by atoms with Crippen LogP contribution in [0.25, 0.3) is 0 Å². The summed E-state index contributed by atoms with van der Waals surface area (Å²) in [6.45, 7) is 6.52. The Bertz CT molecular complexity index is 385. The molecule has 0 spiro atoms. The summed E-state index contributed by atoms with van der Waals surface area (Å²) in [6, 6.07) is 2.03. The number of aliphatic hydroxyl groups excluding tert-OH is 1. The van der Waals surface area contributed by atoms with E-state index in [2.05, 4.69) is 18.8 Å². The smallest absolute Gasteiger partial charge is 0.0931 e. The maximum Gasteiger partial charge on any atom is 0.0931 e. The highest BCUT2D eigenvalue weighted by Gasteiger charge is 2.31. The Balaban J connectivity index is 2.07. The lowest BCUT2D eigenvalue weighted by atomic mass is 10.1. The first-order valence-corrected chi connectivity index (χ1v) is 7.93. The third-order valence-electron chi connectivity index (χ3n) is 3.16. The Morgan fingerprint density at radius 1 is 1.35 bits per heavy atom. The number of hydrogen-bond donors (Lipinski definition) is 1. The van der Waals surface area contributed by atoms with E-state index < -0.39 is 6.10 Å². The third-order valence-corrected chi connectivity index (χ3v) is 6.64. The van der Waals surface area contributed by atoms with Gasteiger partial charge in [-0.2, -0.15) is 23.5 Å².